The highest BCUT2D eigenvalue weighted by Gasteiger charge is 2.24. The monoisotopic (exact) mass is 274 g/mol. The fraction of sp³-hybridized carbons (Fsp3) is 0.143. The molecule has 2 aromatic rings. The van der Waals surface area contributed by atoms with Crippen LogP contribution in [0.25, 0.3) is 0 Å². The molecule has 0 saturated carbocycles. The van der Waals surface area contributed by atoms with Crippen LogP contribution in [0.15, 0.2) is 47.1 Å². The summed E-state index contributed by atoms with van der Waals surface area (Å²) in [5.41, 5.74) is 0.471. The van der Waals surface area contributed by atoms with Gasteiger partial charge in [-0.25, -0.2) is 0 Å². The summed E-state index contributed by atoms with van der Waals surface area (Å²) >= 11 is 5.77. The van der Waals surface area contributed by atoms with Crippen molar-refractivity contribution in [3.05, 3.63) is 59.0 Å². The molecule has 0 saturated heterocycles. The van der Waals surface area contributed by atoms with Crippen molar-refractivity contribution in [3.63, 3.8) is 0 Å². The molecule has 0 aliphatic rings. The van der Waals surface area contributed by atoms with Crippen molar-refractivity contribution in [1.29, 1.82) is 5.26 Å². The Labute approximate surface area is 115 Å². The maximum absolute atomic E-state index is 12.2. The Bertz CT molecular complexity index is 599. The molecule has 96 valence electrons. The smallest absolute Gasteiger partial charge is 0.255 e. The van der Waals surface area contributed by atoms with Gasteiger partial charge in [0.25, 0.3) is 5.91 Å². The third kappa shape index (κ3) is 2.78. The summed E-state index contributed by atoms with van der Waals surface area (Å²) in [5, 5.41) is 9.74. The number of furan rings is 1. The summed E-state index contributed by atoms with van der Waals surface area (Å²) in [6.45, 7) is 0. The molecular weight excluding hydrogens is 264 g/mol. The molecule has 1 heterocycles. The van der Waals surface area contributed by atoms with Crippen LogP contribution in [-0.2, 0) is 0 Å². The summed E-state index contributed by atoms with van der Waals surface area (Å²) in [6.07, 6.45) is 1.47. The number of nitrogens with zero attached hydrogens (tertiary/aromatic N) is 2. The lowest BCUT2D eigenvalue weighted by atomic mass is 10.1. The Hall–Kier alpha value is -2.25. The molecule has 2 rings (SSSR count). The van der Waals surface area contributed by atoms with E-state index in [1.165, 1.54) is 11.2 Å². The minimum Gasteiger partial charge on any atom is -0.466 e. The van der Waals surface area contributed by atoms with Crippen LogP contribution in [0.2, 0.25) is 5.02 Å². The second kappa shape index (κ2) is 5.59. The van der Waals surface area contributed by atoms with E-state index in [0.29, 0.717) is 16.3 Å². The molecule has 0 spiro atoms. The van der Waals surface area contributed by atoms with Crippen molar-refractivity contribution >= 4 is 17.5 Å². The fourth-order valence-corrected chi connectivity index (χ4v) is 1.83. The van der Waals surface area contributed by atoms with E-state index in [1.54, 1.807) is 43.4 Å². The van der Waals surface area contributed by atoms with Crippen molar-refractivity contribution in [2.75, 3.05) is 7.05 Å². The standard InChI is InChI=1S/C14H11ClN2O2/c1-17(12(9-16)13-3-2-8-19-13)14(18)10-4-6-11(15)7-5-10/h2-8,12H,1H3. The van der Waals surface area contributed by atoms with Gasteiger partial charge in [-0.3, -0.25) is 4.79 Å². The Balaban J connectivity index is 2.23. The third-order valence-corrected chi connectivity index (χ3v) is 2.99. The minimum absolute atomic E-state index is 0.264. The molecule has 1 unspecified atom stereocenters. The predicted molar refractivity (Wildman–Crippen MR) is 70.6 cm³/mol. The zero-order valence-electron chi connectivity index (χ0n) is 10.2. The van der Waals surface area contributed by atoms with Crippen LogP contribution < -0.4 is 0 Å². The molecule has 0 bridgehead atoms. The number of carbonyl (C=O) groups is 1. The first-order valence-corrected chi connectivity index (χ1v) is 5.97. The lowest BCUT2D eigenvalue weighted by Crippen LogP contribution is -2.30. The summed E-state index contributed by atoms with van der Waals surface area (Å²) in [5.74, 6) is 0.173. The van der Waals surface area contributed by atoms with Gasteiger partial charge in [0.1, 0.15) is 5.76 Å². The number of amides is 1. The number of hydrogen-bond acceptors (Lipinski definition) is 3. The molecule has 5 heteroatoms. The second-order valence-corrected chi connectivity index (χ2v) is 4.41. The highest BCUT2D eigenvalue weighted by molar-refractivity contribution is 6.30. The quantitative estimate of drug-likeness (QED) is 0.863. The lowest BCUT2D eigenvalue weighted by molar-refractivity contribution is 0.0750. The summed E-state index contributed by atoms with van der Waals surface area (Å²) in [6, 6.07) is 11.2. The van der Waals surface area contributed by atoms with Gasteiger partial charge in [0, 0.05) is 17.6 Å². The molecule has 19 heavy (non-hydrogen) atoms. The molecule has 0 aliphatic carbocycles. The molecule has 1 atom stereocenters. The molecule has 0 radical (unpaired) electrons. The fourth-order valence-electron chi connectivity index (χ4n) is 1.70. The minimum atomic E-state index is -0.752. The molecule has 4 nitrogen and oxygen atoms in total. The number of hydrogen-bond donors (Lipinski definition) is 0. The van der Waals surface area contributed by atoms with E-state index in [4.69, 9.17) is 16.0 Å². The van der Waals surface area contributed by atoms with Gasteiger partial charge in [0.05, 0.1) is 12.3 Å². The van der Waals surface area contributed by atoms with Crippen LogP contribution in [-0.4, -0.2) is 17.9 Å². The average molecular weight is 275 g/mol. The first kappa shape index (κ1) is 13.2. The third-order valence-electron chi connectivity index (χ3n) is 2.73. The van der Waals surface area contributed by atoms with Crippen molar-refractivity contribution in [3.8, 4) is 6.07 Å². The predicted octanol–water partition coefficient (Wildman–Crippen LogP) is 3.27. The lowest BCUT2D eigenvalue weighted by Gasteiger charge is -2.21. The second-order valence-electron chi connectivity index (χ2n) is 3.97. The zero-order chi connectivity index (χ0) is 13.8. The number of nitriles is 1. The molecular formula is C14H11ClN2O2. The van der Waals surface area contributed by atoms with E-state index in [1.807, 2.05) is 0 Å². The average Bonchev–Trinajstić information content (AvgIpc) is 2.93. The topological polar surface area (TPSA) is 57.2 Å². The number of benzene rings is 1. The van der Waals surface area contributed by atoms with Crippen LogP contribution in [0.5, 0.6) is 0 Å². The Morgan fingerprint density at radius 1 is 1.37 bits per heavy atom. The highest BCUT2D eigenvalue weighted by Crippen LogP contribution is 2.21. The van der Waals surface area contributed by atoms with Crippen molar-refractivity contribution < 1.29 is 9.21 Å². The molecule has 0 N–H and O–H groups in total. The van der Waals surface area contributed by atoms with E-state index < -0.39 is 6.04 Å². The van der Waals surface area contributed by atoms with E-state index in [0.717, 1.165) is 0 Å². The Morgan fingerprint density at radius 3 is 2.58 bits per heavy atom. The first-order valence-electron chi connectivity index (χ1n) is 5.59. The summed E-state index contributed by atoms with van der Waals surface area (Å²) in [4.78, 5) is 13.6. The Morgan fingerprint density at radius 2 is 2.05 bits per heavy atom. The van der Waals surface area contributed by atoms with Crippen molar-refractivity contribution in [2.45, 2.75) is 6.04 Å². The summed E-state index contributed by atoms with van der Waals surface area (Å²) in [7, 11) is 1.56. The van der Waals surface area contributed by atoms with Crippen LogP contribution in [0.4, 0.5) is 0 Å². The number of rotatable bonds is 3. The van der Waals surface area contributed by atoms with Gasteiger partial charge in [-0.15, -0.1) is 0 Å². The van der Waals surface area contributed by atoms with Gasteiger partial charge in [-0.1, -0.05) is 11.6 Å². The van der Waals surface area contributed by atoms with Gasteiger partial charge in [-0.05, 0) is 36.4 Å². The number of carbonyl (C=O) groups excluding carboxylic acids is 1. The van der Waals surface area contributed by atoms with Crippen LogP contribution in [0.1, 0.15) is 22.2 Å². The first-order chi connectivity index (χ1) is 9.13. The molecule has 0 fully saturated rings. The van der Waals surface area contributed by atoms with E-state index in [-0.39, 0.29) is 5.91 Å². The van der Waals surface area contributed by atoms with E-state index in [9.17, 15) is 10.1 Å². The molecule has 1 aromatic carbocycles. The molecule has 1 amide bonds. The Kier molecular flexibility index (Phi) is 3.88. The maximum atomic E-state index is 12.2. The van der Waals surface area contributed by atoms with Crippen LogP contribution >= 0.6 is 11.6 Å². The van der Waals surface area contributed by atoms with Crippen molar-refractivity contribution in [2.24, 2.45) is 0 Å². The van der Waals surface area contributed by atoms with E-state index >= 15 is 0 Å². The molecule has 0 aliphatic heterocycles. The largest absolute Gasteiger partial charge is 0.466 e. The van der Waals surface area contributed by atoms with Gasteiger partial charge in [0.2, 0.25) is 0 Å². The van der Waals surface area contributed by atoms with Gasteiger partial charge >= 0.3 is 0 Å². The van der Waals surface area contributed by atoms with Crippen molar-refractivity contribution in [1.82, 2.24) is 4.90 Å². The van der Waals surface area contributed by atoms with Gasteiger partial charge in [-0.2, -0.15) is 5.26 Å². The van der Waals surface area contributed by atoms with Gasteiger partial charge < -0.3 is 9.32 Å². The molecule has 1 aromatic heterocycles. The number of halogens is 1. The highest BCUT2D eigenvalue weighted by atomic mass is 35.5. The zero-order valence-corrected chi connectivity index (χ0v) is 11.0. The van der Waals surface area contributed by atoms with Crippen LogP contribution in [0, 0.1) is 11.3 Å². The van der Waals surface area contributed by atoms with Crippen LogP contribution in [0.3, 0.4) is 0 Å². The SMILES string of the molecule is CN(C(=O)c1ccc(Cl)cc1)C(C#N)c1ccco1. The van der Waals surface area contributed by atoms with Gasteiger partial charge in [0.15, 0.2) is 6.04 Å². The normalized spacial score (nSPS) is 11.6. The van der Waals surface area contributed by atoms with E-state index in [2.05, 4.69) is 6.07 Å². The maximum Gasteiger partial charge on any atom is 0.255 e. The summed E-state index contributed by atoms with van der Waals surface area (Å²) < 4.78 is 5.18.